The number of nitrogens with zero attached hydrogens (tertiary/aromatic N) is 1. The highest BCUT2D eigenvalue weighted by molar-refractivity contribution is 7.89. The maximum absolute atomic E-state index is 12.6. The number of aryl methyl sites for hydroxylation is 1. The standard InChI is InChI=1S/C22H26N2O6S/c1-2-30-22(26)18-6-8-19(9-7-18)23-21(25)12-5-17-3-10-20(11-4-17)31(27,28)24-13-15-29-16-14-24/h3-4,6-11H,2,5,12-16H2,1H3,(H,23,25). The van der Waals surface area contributed by atoms with E-state index in [4.69, 9.17) is 9.47 Å². The van der Waals surface area contributed by atoms with Crippen LogP contribution >= 0.6 is 0 Å². The SMILES string of the molecule is CCOC(=O)c1ccc(NC(=O)CCc2ccc(S(=O)(=O)N3CCOCC3)cc2)cc1. The second-order valence-electron chi connectivity index (χ2n) is 7.01. The number of amides is 1. The molecule has 1 fully saturated rings. The van der Waals surface area contributed by atoms with Gasteiger partial charge in [0.25, 0.3) is 0 Å². The highest BCUT2D eigenvalue weighted by Gasteiger charge is 2.26. The second-order valence-corrected chi connectivity index (χ2v) is 8.94. The van der Waals surface area contributed by atoms with E-state index in [2.05, 4.69) is 5.32 Å². The summed E-state index contributed by atoms with van der Waals surface area (Å²) in [7, 11) is -3.52. The molecule has 166 valence electrons. The molecule has 8 nitrogen and oxygen atoms in total. The fourth-order valence-electron chi connectivity index (χ4n) is 3.15. The smallest absolute Gasteiger partial charge is 0.338 e. The molecule has 0 aromatic heterocycles. The predicted molar refractivity (Wildman–Crippen MR) is 115 cm³/mol. The van der Waals surface area contributed by atoms with Crippen LogP contribution in [0.5, 0.6) is 0 Å². The summed E-state index contributed by atoms with van der Waals surface area (Å²) in [6.45, 7) is 3.55. The maximum atomic E-state index is 12.6. The lowest BCUT2D eigenvalue weighted by Crippen LogP contribution is -2.40. The van der Waals surface area contributed by atoms with Gasteiger partial charge in [-0.05, 0) is 55.3 Å². The Morgan fingerprint density at radius 2 is 1.68 bits per heavy atom. The van der Waals surface area contributed by atoms with Crippen molar-refractivity contribution < 1.29 is 27.5 Å². The van der Waals surface area contributed by atoms with Crippen LogP contribution in [0, 0.1) is 0 Å². The highest BCUT2D eigenvalue weighted by Crippen LogP contribution is 2.18. The zero-order valence-corrected chi connectivity index (χ0v) is 18.2. The average molecular weight is 447 g/mol. The van der Waals surface area contributed by atoms with Crippen LogP contribution in [0.4, 0.5) is 5.69 Å². The fraction of sp³-hybridized carbons (Fsp3) is 0.364. The third-order valence-electron chi connectivity index (χ3n) is 4.85. The Hall–Kier alpha value is -2.75. The van der Waals surface area contributed by atoms with Gasteiger partial charge in [0.1, 0.15) is 0 Å². The first-order valence-electron chi connectivity index (χ1n) is 10.1. The molecule has 31 heavy (non-hydrogen) atoms. The van der Waals surface area contributed by atoms with Crippen molar-refractivity contribution in [3.05, 3.63) is 59.7 Å². The number of sulfonamides is 1. The van der Waals surface area contributed by atoms with E-state index < -0.39 is 16.0 Å². The quantitative estimate of drug-likeness (QED) is 0.625. The molecule has 3 rings (SSSR count). The molecule has 1 amide bonds. The van der Waals surface area contributed by atoms with Crippen LogP contribution in [0.15, 0.2) is 53.4 Å². The summed E-state index contributed by atoms with van der Waals surface area (Å²) in [5.41, 5.74) is 1.88. The van der Waals surface area contributed by atoms with E-state index in [0.29, 0.717) is 50.6 Å². The molecule has 0 spiro atoms. The summed E-state index contributed by atoms with van der Waals surface area (Å²) in [5, 5.41) is 2.78. The third kappa shape index (κ3) is 6.13. The van der Waals surface area contributed by atoms with Crippen molar-refractivity contribution in [1.82, 2.24) is 4.31 Å². The van der Waals surface area contributed by atoms with Crippen LogP contribution in [0.3, 0.4) is 0 Å². The van der Waals surface area contributed by atoms with Gasteiger partial charge in [0.15, 0.2) is 0 Å². The first kappa shape index (κ1) is 22.9. The van der Waals surface area contributed by atoms with Crippen molar-refractivity contribution >= 4 is 27.6 Å². The minimum atomic E-state index is -3.52. The lowest BCUT2D eigenvalue weighted by Gasteiger charge is -2.26. The number of anilines is 1. The van der Waals surface area contributed by atoms with Crippen LogP contribution in [-0.2, 0) is 30.7 Å². The van der Waals surface area contributed by atoms with Gasteiger partial charge in [-0.15, -0.1) is 0 Å². The van der Waals surface area contributed by atoms with Crippen molar-refractivity contribution in [3.8, 4) is 0 Å². The number of rotatable bonds is 8. The third-order valence-corrected chi connectivity index (χ3v) is 6.76. The predicted octanol–water partition coefficient (Wildman–Crippen LogP) is 2.46. The minimum absolute atomic E-state index is 0.172. The summed E-state index contributed by atoms with van der Waals surface area (Å²) in [6, 6.07) is 13.1. The molecule has 0 unspecified atom stereocenters. The molecule has 1 heterocycles. The Balaban J connectivity index is 1.52. The number of hydrogen-bond acceptors (Lipinski definition) is 6. The lowest BCUT2D eigenvalue weighted by atomic mass is 10.1. The molecule has 1 saturated heterocycles. The van der Waals surface area contributed by atoms with Gasteiger partial charge < -0.3 is 14.8 Å². The number of carbonyl (C=O) groups is 2. The van der Waals surface area contributed by atoms with E-state index in [1.807, 2.05) is 0 Å². The van der Waals surface area contributed by atoms with E-state index in [1.54, 1.807) is 55.5 Å². The number of ether oxygens (including phenoxy) is 2. The molecule has 0 saturated carbocycles. The van der Waals surface area contributed by atoms with E-state index in [1.165, 1.54) is 4.31 Å². The summed E-state index contributed by atoms with van der Waals surface area (Å²) in [6.07, 6.45) is 0.722. The number of nitrogens with one attached hydrogen (secondary N) is 1. The van der Waals surface area contributed by atoms with Gasteiger partial charge in [0.2, 0.25) is 15.9 Å². The number of hydrogen-bond donors (Lipinski definition) is 1. The van der Waals surface area contributed by atoms with Gasteiger partial charge in [-0.3, -0.25) is 4.79 Å². The zero-order valence-electron chi connectivity index (χ0n) is 17.4. The van der Waals surface area contributed by atoms with Crippen molar-refractivity contribution in [3.63, 3.8) is 0 Å². The number of esters is 1. The van der Waals surface area contributed by atoms with Crippen LogP contribution < -0.4 is 5.32 Å². The fourth-order valence-corrected chi connectivity index (χ4v) is 4.56. The Kier molecular flexibility index (Phi) is 7.78. The summed E-state index contributed by atoms with van der Waals surface area (Å²) < 4.78 is 36.9. The maximum Gasteiger partial charge on any atom is 0.338 e. The molecule has 1 aliphatic rings. The molecule has 1 N–H and O–H groups in total. The van der Waals surface area contributed by atoms with Gasteiger partial charge in [-0.25, -0.2) is 13.2 Å². The number of morpholine rings is 1. The summed E-state index contributed by atoms with van der Waals surface area (Å²) in [4.78, 5) is 24.1. The topological polar surface area (TPSA) is 102 Å². The van der Waals surface area contributed by atoms with Crippen molar-refractivity contribution in [1.29, 1.82) is 0 Å². The van der Waals surface area contributed by atoms with E-state index in [9.17, 15) is 18.0 Å². The monoisotopic (exact) mass is 446 g/mol. The summed E-state index contributed by atoms with van der Waals surface area (Å²) in [5.74, 6) is -0.576. The van der Waals surface area contributed by atoms with Crippen molar-refractivity contribution in [2.24, 2.45) is 0 Å². The van der Waals surface area contributed by atoms with Gasteiger partial charge in [0.05, 0.1) is 30.3 Å². The van der Waals surface area contributed by atoms with Gasteiger partial charge in [-0.1, -0.05) is 12.1 Å². The van der Waals surface area contributed by atoms with E-state index >= 15 is 0 Å². The van der Waals surface area contributed by atoms with Crippen LogP contribution in [0.2, 0.25) is 0 Å². The van der Waals surface area contributed by atoms with Gasteiger partial charge in [-0.2, -0.15) is 4.31 Å². The molecule has 9 heteroatoms. The Bertz CT molecular complexity index is 997. The van der Waals surface area contributed by atoms with Crippen LogP contribution in [0.1, 0.15) is 29.3 Å². The zero-order chi connectivity index (χ0) is 22.3. The second kappa shape index (κ2) is 10.5. The largest absolute Gasteiger partial charge is 0.462 e. The molecule has 0 bridgehead atoms. The van der Waals surface area contributed by atoms with E-state index in [-0.39, 0.29) is 17.2 Å². The number of benzene rings is 2. The van der Waals surface area contributed by atoms with Gasteiger partial charge in [0, 0.05) is 25.2 Å². The number of carbonyl (C=O) groups excluding carboxylic acids is 2. The molecule has 1 aliphatic heterocycles. The summed E-state index contributed by atoms with van der Waals surface area (Å²) >= 11 is 0. The molecule has 2 aromatic rings. The van der Waals surface area contributed by atoms with Crippen LogP contribution in [-0.4, -0.2) is 57.5 Å². The first-order chi connectivity index (χ1) is 14.9. The molecule has 0 atom stereocenters. The Morgan fingerprint density at radius 1 is 1.03 bits per heavy atom. The van der Waals surface area contributed by atoms with Crippen LogP contribution in [0.25, 0.3) is 0 Å². The normalized spacial score (nSPS) is 14.7. The van der Waals surface area contributed by atoms with Crippen molar-refractivity contribution in [2.75, 3.05) is 38.2 Å². The Labute approximate surface area is 182 Å². The molecular formula is C22H26N2O6S. The molecule has 2 aromatic carbocycles. The van der Waals surface area contributed by atoms with Gasteiger partial charge >= 0.3 is 5.97 Å². The molecule has 0 radical (unpaired) electrons. The van der Waals surface area contributed by atoms with Crippen molar-refractivity contribution in [2.45, 2.75) is 24.7 Å². The lowest BCUT2D eigenvalue weighted by molar-refractivity contribution is -0.116. The average Bonchev–Trinajstić information content (AvgIpc) is 2.79. The molecule has 0 aliphatic carbocycles. The Morgan fingerprint density at radius 3 is 2.29 bits per heavy atom. The highest BCUT2D eigenvalue weighted by atomic mass is 32.2. The van der Waals surface area contributed by atoms with E-state index in [0.717, 1.165) is 5.56 Å². The minimum Gasteiger partial charge on any atom is -0.462 e. The molecular weight excluding hydrogens is 420 g/mol. The first-order valence-corrected chi connectivity index (χ1v) is 11.6.